The van der Waals surface area contributed by atoms with Crippen molar-refractivity contribution in [2.45, 2.75) is 5.41 Å². The molecular formula is C59H40N2S. The van der Waals surface area contributed by atoms with E-state index in [9.17, 15) is 5.48 Å². The standard InChI is InChI=1S/C59H40N2S/c1-5-19-45(20-6-1)60(46-21-7-2-8-22-46)49-32-34-55-52(39-49)53-40-50(61(47-23-9-3-10-24-47)48-25-11-4-12-26-48)33-35-56(53)59(55,43-30-29-41-17-13-14-18-42(41)37-43)44-31-36-58-54(38-44)51-27-15-16-28-57(51)62-58/h1-40H/i13D,14D,17D,18D,29D,30D,37D. The zero-order valence-corrected chi connectivity index (χ0v) is 34.2. The predicted molar refractivity (Wildman–Crippen MR) is 264 cm³/mol. The van der Waals surface area contributed by atoms with Gasteiger partial charge < -0.3 is 9.80 Å². The van der Waals surface area contributed by atoms with E-state index in [-0.39, 0.29) is 34.5 Å². The maximum Gasteiger partial charge on any atom is 0.0714 e. The summed E-state index contributed by atoms with van der Waals surface area (Å²) in [6.07, 6.45) is 0. The summed E-state index contributed by atoms with van der Waals surface area (Å²) in [4.78, 5) is 4.43. The van der Waals surface area contributed by atoms with E-state index in [1.54, 1.807) is 11.3 Å². The Morgan fingerprint density at radius 1 is 0.371 bits per heavy atom. The number of thiophene rings is 1. The normalized spacial score (nSPS) is 14.2. The van der Waals surface area contributed by atoms with Gasteiger partial charge in [-0.2, -0.15) is 0 Å². The number of benzene rings is 10. The lowest BCUT2D eigenvalue weighted by Crippen LogP contribution is -2.28. The molecule has 0 aliphatic heterocycles. The average molecular weight is 816 g/mol. The van der Waals surface area contributed by atoms with Crippen molar-refractivity contribution in [3.05, 3.63) is 265 Å². The van der Waals surface area contributed by atoms with E-state index in [0.717, 1.165) is 82.1 Å². The summed E-state index contributed by atoms with van der Waals surface area (Å²) >= 11 is 1.70. The summed E-state index contributed by atoms with van der Waals surface area (Å²) in [6, 6.07) is 65.6. The van der Waals surface area contributed by atoms with Crippen LogP contribution in [-0.4, -0.2) is 0 Å². The van der Waals surface area contributed by atoms with E-state index >= 15 is 0 Å². The molecule has 292 valence electrons. The lowest BCUT2D eigenvalue weighted by Gasteiger charge is -2.35. The van der Waals surface area contributed by atoms with Crippen LogP contribution < -0.4 is 9.80 Å². The molecule has 10 aromatic carbocycles. The summed E-state index contributed by atoms with van der Waals surface area (Å²) < 4.78 is 67.8. The second-order valence-corrected chi connectivity index (χ2v) is 16.6. The van der Waals surface area contributed by atoms with Gasteiger partial charge in [-0.25, -0.2) is 0 Å². The van der Waals surface area contributed by atoms with Gasteiger partial charge in [0.15, 0.2) is 0 Å². The van der Waals surface area contributed by atoms with E-state index in [1.807, 2.05) is 84.9 Å². The number of rotatable bonds is 8. The Labute approximate surface area is 375 Å². The molecule has 0 atom stereocenters. The van der Waals surface area contributed by atoms with E-state index in [2.05, 4.69) is 125 Å². The fourth-order valence-electron chi connectivity index (χ4n) is 9.44. The minimum atomic E-state index is -1.43. The first-order chi connectivity index (χ1) is 33.7. The highest BCUT2D eigenvalue weighted by molar-refractivity contribution is 7.25. The lowest BCUT2D eigenvalue weighted by molar-refractivity contribution is 0.771. The smallest absolute Gasteiger partial charge is 0.0714 e. The first kappa shape index (κ1) is 29.5. The van der Waals surface area contributed by atoms with Gasteiger partial charge in [0, 0.05) is 54.3 Å². The van der Waals surface area contributed by atoms with Crippen LogP contribution in [0.15, 0.2) is 242 Å². The molecule has 0 saturated heterocycles. The molecule has 0 spiro atoms. The second kappa shape index (κ2) is 14.8. The van der Waals surface area contributed by atoms with Gasteiger partial charge in [-0.05, 0) is 141 Å². The van der Waals surface area contributed by atoms with Gasteiger partial charge in [-0.3, -0.25) is 0 Å². The van der Waals surface area contributed by atoms with Gasteiger partial charge in [-0.1, -0.05) is 145 Å². The zero-order chi connectivity index (χ0) is 47.1. The molecule has 0 amide bonds. The van der Waals surface area contributed by atoms with E-state index in [1.165, 1.54) is 0 Å². The molecule has 0 N–H and O–H groups in total. The van der Waals surface area contributed by atoms with Crippen LogP contribution in [0.5, 0.6) is 0 Å². The van der Waals surface area contributed by atoms with Crippen LogP contribution in [0.4, 0.5) is 34.1 Å². The zero-order valence-electron chi connectivity index (χ0n) is 40.4. The predicted octanol–water partition coefficient (Wildman–Crippen LogP) is 16.5. The van der Waals surface area contributed by atoms with Crippen LogP contribution in [0.25, 0.3) is 42.1 Å². The third-order valence-corrected chi connectivity index (χ3v) is 13.3. The van der Waals surface area contributed by atoms with Crippen LogP contribution in [0.3, 0.4) is 0 Å². The Balaban J connectivity index is 1.24. The van der Waals surface area contributed by atoms with Crippen molar-refractivity contribution in [2.75, 3.05) is 9.80 Å². The monoisotopic (exact) mass is 815 g/mol. The maximum atomic E-state index is 10.3. The Hall–Kier alpha value is -7.72. The third kappa shape index (κ3) is 5.78. The van der Waals surface area contributed by atoms with E-state index < -0.39 is 29.6 Å². The molecule has 0 radical (unpaired) electrons. The number of nitrogens with zero attached hydrogens (tertiary/aromatic N) is 2. The maximum absolute atomic E-state index is 10.3. The number of hydrogen-bond acceptors (Lipinski definition) is 3. The van der Waals surface area contributed by atoms with Crippen molar-refractivity contribution in [1.29, 1.82) is 0 Å². The van der Waals surface area contributed by atoms with Crippen LogP contribution >= 0.6 is 11.3 Å². The molecule has 0 bridgehead atoms. The Morgan fingerprint density at radius 3 is 1.40 bits per heavy atom. The van der Waals surface area contributed by atoms with Crippen molar-refractivity contribution in [2.24, 2.45) is 0 Å². The molecule has 0 fully saturated rings. The number of fused-ring (bicyclic) bond motifs is 7. The summed E-state index contributed by atoms with van der Waals surface area (Å²) in [6.45, 7) is 0. The summed E-state index contributed by atoms with van der Waals surface area (Å²) in [5.41, 5.74) is 8.40. The summed E-state index contributed by atoms with van der Waals surface area (Å²) in [5, 5.41) is 1.87. The van der Waals surface area contributed by atoms with Gasteiger partial charge in [0.05, 0.1) is 15.0 Å². The molecule has 62 heavy (non-hydrogen) atoms. The summed E-state index contributed by atoms with van der Waals surface area (Å²) in [5.74, 6) is 0. The van der Waals surface area contributed by atoms with E-state index in [0.29, 0.717) is 0 Å². The Kier molecular flexibility index (Phi) is 7.03. The minimum Gasteiger partial charge on any atom is -0.310 e. The first-order valence-electron chi connectivity index (χ1n) is 24.2. The average Bonchev–Trinajstić information content (AvgIpc) is 3.90. The fraction of sp³-hybridized carbons (Fsp3) is 0.0169. The van der Waals surface area contributed by atoms with Crippen LogP contribution in [0.2, 0.25) is 0 Å². The molecule has 0 saturated carbocycles. The van der Waals surface area contributed by atoms with Crippen molar-refractivity contribution < 1.29 is 9.60 Å². The molecule has 1 aromatic heterocycles. The lowest BCUT2D eigenvalue weighted by atomic mass is 9.67. The van der Waals surface area contributed by atoms with Gasteiger partial charge in [-0.15, -0.1) is 11.3 Å². The number of anilines is 6. The third-order valence-electron chi connectivity index (χ3n) is 12.1. The molecule has 1 aliphatic carbocycles. The first-order valence-corrected chi connectivity index (χ1v) is 21.5. The van der Waals surface area contributed by atoms with Gasteiger partial charge in [0.1, 0.15) is 0 Å². The Morgan fingerprint density at radius 2 is 0.855 bits per heavy atom. The molecule has 12 rings (SSSR count). The highest BCUT2D eigenvalue weighted by atomic mass is 32.1. The van der Waals surface area contributed by atoms with Crippen molar-refractivity contribution in [1.82, 2.24) is 0 Å². The number of hydrogen-bond donors (Lipinski definition) is 0. The van der Waals surface area contributed by atoms with Gasteiger partial charge in [0.2, 0.25) is 0 Å². The topological polar surface area (TPSA) is 6.48 Å². The quantitative estimate of drug-likeness (QED) is 0.151. The van der Waals surface area contributed by atoms with Crippen LogP contribution in [0, 0.1) is 0 Å². The summed E-state index contributed by atoms with van der Waals surface area (Å²) in [7, 11) is 0. The van der Waals surface area contributed by atoms with Gasteiger partial charge in [0.25, 0.3) is 0 Å². The molecule has 11 aromatic rings. The van der Waals surface area contributed by atoms with Crippen molar-refractivity contribution in [3.63, 3.8) is 0 Å². The SMILES string of the molecule is [2H]c1c([2H])c([2H])c2c([2H])c(C3(c4ccc5sc6ccccc6c5c4)c4ccc(N(c5ccccc5)c5ccccc5)cc4-c4cc(N(c5ccccc5)c5ccccc5)ccc43)c([2H])c([2H])c2c1[2H]. The second-order valence-electron chi connectivity index (χ2n) is 15.5. The molecule has 1 aliphatic rings. The Bertz CT molecular complexity index is 3620. The molecule has 2 nitrogen and oxygen atoms in total. The molecule has 3 heteroatoms. The number of para-hydroxylation sites is 4. The van der Waals surface area contributed by atoms with E-state index in [4.69, 9.17) is 4.11 Å². The van der Waals surface area contributed by atoms with Crippen molar-refractivity contribution in [3.8, 4) is 11.1 Å². The highest BCUT2D eigenvalue weighted by Gasteiger charge is 2.47. The van der Waals surface area contributed by atoms with Crippen LogP contribution in [-0.2, 0) is 5.41 Å². The molecule has 0 unspecified atom stereocenters. The fourth-order valence-corrected chi connectivity index (χ4v) is 10.5. The molecular weight excluding hydrogens is 769 g/mol. The van der Waals surface area contributed by atoms with Crippen molar-refractivity contribution >= 4 is 76.4 Å². The minimum absolute atomic E-state index is 0.0830. The van der Waals surface area contributed by atoms with Crippen LogP contribution in [0.1, 0.15) is 31.8 Å². The van der Waals surface area contributed by atoms with Gasteiger partial charge >= 0.3 is 0 Å². The highest BCUT2D eigenvalue weighted by Crippen LogP contribution is 2.59. The largest absolute Gasteiger partial charge is 0.310 e. The molecule has 1 heterocycles.